The van der Waals surface area contributed by atoms with E-state index >= 15 is 0 Å². The molecule has 1 aliphatic rings. The van der Waals surface area contributed by atoms with Gasteiger partial charge in [-0.3, -0.25) is 4.98 Å². The standard InChI is InChI=1S/C9H10N2O2.C2H6/c10-9(2-3-9)7-5-6(8(12)13)1-4-11-7;1-2/h1,4-5H,2-3,10H2,(H,12,13);1-2H3. The Bertz CT molecular complexity index is 359. The molecule has 2 rings (SSSR count). The van der Waals surface area contributed by atoms with Crippen LogP contribution in [0.4, 0.5) is 0 Å². The third-order valence-corrected chi connectivity index (χ3v) is 2.31. The van der Waals surface area contributed by atoms with E-state index in [-0.39, 0.29) is 11.1 Å². The molecule has 1 aromatic heterocycles. The first-order chi connectivity index (χ1) is 7.12. The first kappa shape index (κ1) is 11.7. The number of aromatic carboxylic acids is 1. The maximum Gasteiger partial charge on any atom is 0.335 e. The molecule has 0 aromatic carbocycles. The quantitative estimate of drug-likeness (QED) is 0.776. The van der Waals surface area contributed by atoms with E-state index in [4.69, 9.17) is 10.8 Å². The van der Waals surface area contributed by atoms with Crippen LogP contribution in [0.1, 0.15) is 42.7 Å². The zero-order valence-electron chi connectivity index (χ0n) is 9.03. The van der Waals surface area contributed by atoms with E-state index in [1.54, 1.807) is 6.07 Å². The van der Waals surface area contributed by atoms with Gasteiger partial charge in [-0.05, 0) is 25.0 Å². The van der Waals surface area contributed by atoms with Gasteiger partial charge in [0.2, 0.25) is 0 Å². The van der Waals surface area contributed by atoms with Crippen molar-refractivity contribution < 1.29 is 9.90 Å². The number of rotatable bonds is 2. The van der Waals surface area contributed by atoms with Crippen molar-refractivity contribution in [3.63, 3.8) is 0 Å². The van der Waals surface area contributed by atoms with Gasteiger partial charge in [-0.1, -0.05) is 13.8 Å². The fourth-order valence-corrected chi connectivity index (χ4v) is 1.23. The van der Waals surface area contributed by atoms with Crippen molar-refractivity contribution in [2.24, 2.45) is 5.73 Å². The highest BCUT2D eigenvalue weighted by atomic mass is 16.4. The van der Waals surface area contributed by atoms with Crippen LogP contribution in [-0.2, 0) is 5.54 Å². The molecule has 0 aliphatic heterocycles. The molecule has 3 N–H and O–H groups in total. The number of hydrogen-bond donors (Lipinski definition) is 2. The SMILES string of the molecule is CC.NC1(c2cc(C(=O)O)ccn2)CC1. The molecule has 15 heavy (non-hydrogen) atoms. The molecule has 1 aliphatic carbocycles. The van der Waals surface area contributed by atoms with E-state index in [2.05, 4.69) is 4.98 Å². The summed E-state index contributed by atoms with van der Waals surface area (Å²) >= 11 is 0. The van der Waals surface area contributed by atoms with E-state index in [1.165, 1.54) is 12.3 Å². The van der Waals surface area contributed by atoms with Crippen LogP contribution in [0.25, 0.3) is 0 Å². The third kappa shape index (κ3) is 2.53. The van der Waals surface area contributed by atoms with Gasteiger partial charge in [0, 0.05) is 6.20 Å². The van der Waals surface area contributed by atoms with Crippen LogP contribution in [0.15, 0.2) is 18.3 Å². The number of aromatic nitrogens is 1. The number of pyridine rings is 1. The Kier molecular flexibility index (Phi) is 3.42. The van der Waals surface area contributed by atoms with E-state index in [0.717, 1.165) is 12.8 Å². The summed E-state index contributed by atoms with van der Waals surface area (Å²) < 4.78 is 0. The van der Waals surface area contributed by atoms with Gasteiger partial charge in [0.25, 0.3) is 0 Å². The smallest absolute Gasteiger partial charge is 0.335 e. The van der Waals surface area contributed by atoms with Crippen molar-refractivity contribution in [1.82, 2.24) is 4.98 Å². The third-order valence-electron chi connectivity index (χ3n) is 2.31. The Morgan fingerprint density at radius 2 is 2.13 bits per heavy atom. The number of nitrogens with two attached hydrogens (primary N) is 1. The molecule has 0 bridgehead atoms. The Morgan fingerprint density at radius 3 is 2.60 bits per heavy atom. The minimum Gasteiger partial charge on any atom is -0.478 e. The zero-order chi connectivity index (χ0) is 11.5. The molecule has 0 atom stereocenters. The lowest BCUT2D eigenvalue weighted by atomic mass is 10.1. The highest BCUT2D eigenvalue weighted by Crippen LogP contribution is 2.41. The zero-order valence-corrected chi connectivity index (χ0v) is 9.03. The molecule has 0 unspecified atom stereocenters. The second-order valence-corrected chi connectivity index (χ2v) is 3.39. The van der Waals surface area contributed by atoms with E-state index in [0.29, 0.717) is 5.69 Å². The number of carbonyl (C=O) groups is 1. The Labute approximate surface area is 89.1 Å². The molecule has 1 aromatic rings. The summed E-state index contributed by atoms with van der Waals surface area (Å²) in [6.07, 6.45) is 3.28. The van der Waals surface area contributed by atoms with Gasteiger partial charge in [-0.25, -0.2) is 4.79 Å². The van der Waals surface area contributed by atoms with E-state index in [1.807, 2.05) is 13.8 Å². The summed E-state index contributed by atoms with van der Waals surface area (Å²) in [6, 6.07) is 3.02. The molecule has 82 valence electrons. The topological polar surface area (TPSA) is 76.2 Å². The lowest BCUT2D eigenvalue weighted by Crippen LogP contribution is -2.20. The molecule has 4 nitrogen and oxygen atoms in total. The van der Waals surface area contributed by atoms with Crippen LogP contribution in [-0.4, -0.2) is 16.1 Å². The number of nitrogens with zero attached hydrogens (tertiary/aromatic N) is 1. The van der Waals surface area contributed by atoms with E-state index in [9.17, 15) is 4.79 Å². The molecular formula is C11H16N2O2. The second kappa shape index (κ2) is 4.40. The first-order valence-corrected chi connectivity index (χ1v) is 5.10. The van der Waals surface area contributed by atoms with Gasteiger partial charge in [-0.2, -0.15) is 0 Å². The second-order valence-electron chi connectivity index (χ2n) is 3.39. The van der Waals surface area contributed by atoms with Gasteiger partial charge < -0.3 is 10.8 Å². The summed E-state index contributed by atoms with van der Waals surface area (Å²) in [5.41, 5.74) is 6.46. The number of carboxylic acid groups (broad SMARTS) is 1. The van der Waals surface area contributed by atoms with Crippen LogP contribution in [0.2, 0.25) is 0 Å². The Morgan fingerprint density at radius 1 is 1.53 bits per heavy atom. The summed E-state index contributed by atoms with van der Waals surface area (Å²) in [5, 5.41) is 8.73. The number of carboxylic acids is 1. The van der Waals surface area contributed by atoms with Crippen molar-refractivity contribution >= 4 is 5.97 Å². The minimum absolute atomic E-state index is 0.252. The van der Waals surface area contributed by atoms with Crippen LogP contribution in [0, 0.1) is 0 Å². The molecule has 0 amide bonds. The predicted molar refractivity (Wildman–Crippen MR) is 57.6 cm³/mol. The van der Waals surface area contributed by atoms with Crippen molar-refractivity contribution in [3.05, 3.63) is 29.6 Å². The summed E-state index contributed by atoms with van der Waals surface area (Å²) in [7, 11) is 0. The van der Waals surface area contributed by atoms with Crippen LogP contribution < -0.4 is 5.73 Å². The van der Waals surface area contributed by atoms with Crippen LogP contribution in [0.5, 0.6) is 0 Å². The first-order valence-electron chi connectivity index (χ1n) is 5.10. The molecule has 1 heterocycles. The van der Waals surface area contributed by atoms with Crippen LogP contribution >= 0.6 is 0 Å². The Balaban J connectivity index is 0.000000531. The summed E-state index contributed by atoms with van der Waals surface area (Å²) in [6.45, 7) is 4.00. The monoisotopic (exact) mass is 208 g/mol. The van der Waals surface area contributed by atoms with E-state index < -0.39 is 5.97 Å². The average molecular weight is 208 g/mol. The molecule has 0 spiro atoms. The molecule has 1 saturated carbocycles. The highest BCUT2D eigenvalue weighted by Gasteiger charge is 2.41. The van der Waals surface area contributed by atoms with Gasteiger partial charge in [0.1, 0.15) is 0 Å². The molecule has 4 heteroatoms. The fraction of sp³-hybridized carbons (Fsp3) is 0.455. The van der Waals surface area contributed by atoms with Crippen molar-refractivity contribution in [3.8, 4) is 0 Å². The maximum atomic E-state index is 10.6. The largest absolute Gasteiger partial charge is 0.478 e. The lowest BCUT2D eigenvalue weighted by molar-refractivity contribution is 0.0696. The summed E-state index contributed by atoms with van der Waals surface area (Å²) in [5.74, 6) is -0.937. The molecule has 1 fully saturated rings. The van der Waals surface area contributed by atoms with Gasteiger partial charge in [-0.15, -0.1) is 0 Å². The fourth-order valence-electron chi connectivity index (χ4n) is 1.23. The highest BCUT2D eigenvalue weighted by molar-refractivity contribution is 5.87. The van der Waals surface area contributed by atoms with Crippen LogP contribution in [0.3, 0.4) is 0 Å². The average Bonchev–Trinajstić information content (AvgIpc) is 3.01. The minimum atomic E-state index is -0.937. The van der Waals surface area contributed by atoms with Crippen molar-refractivity contribution in [1.29, 1.82) is 0 Å². The maximum absolute atomic E-state index is 10.6. The van der Waals surface area contributed by atoms with Crippen molar-refractivity contribution in [2.45, 2.75) is 32.2 Å². The van der Waals surface area contributed by atoms with Gasteiger partial charge in [0.05, 0.1) is 16.8 Å². The van der Waals surface area contributed by atoms with Gasteiger partial charge in [0.15, 0.2) is 0 Å². The normalized spacial score (nSPS) is 16.2. The van der Waals surface area contributed by atoms with Crippen molar-refractivity contribution in [2.75, 3.05) is 0 Å². The molecular weight excluding hydrogens is 192 g/mol. The van der Waals surface area contributed by atoms with Gasteiger partial charge >= 0.3 is 5.97 Å². The molecule has 0 saturated heterocycles. The molecule has 0 radical (unpaired) electrons. The lowest BCUT2D eigenvalue weighted by Gasteiger charge is -2.07. The number of hydrogen-bond acceptors (Lipinski definition) is 3. The predicted octanol–water partition coefficient (Wildman–Crippen LogP) is 1.75. The Hall–Kier alpha value is -1.42. The summed E-state index contributed by atoms with van der Waals surface area (Å²) in [4.78, 5) is 14.7.